The van der Waals surface area contributed by atoms with Crippen LogP contribution < -0.4 is 10.6 Å². The van der Waals surface area contributed by atoms with Gasteiger partial charge < -0.3 is 10.6 Å². The zero-order valence-corrected chi connectivity index (χ0v) is 17.7. The molecule has 2 N–H and O–H groups in total. The molecule has 0 aliphatic carbocycles. The first-order valence-corrected chi connectivity index (χ1v) is 11.0. The Morgan fingerprint density at radius 2 is 1.72 bits per heavy atom. The number of nitrogens with zero attached hydrogens (tertiary/aromatic N) is 1. The summed E-state index contributed by atoms with van der Waals surface area (Å²) in [5.74, 6) is 0.511. The van der Waals surface area contributed by atoms with E-state index >= 15 is 0 Å². The summed E-state index contributed by atoms with van der Waals surface area (Å²) in [7, 11) is 0. The van der Waals surface area contributed by atoms with Gasteiger partial charge in [-0.25, -0.2) is 0 Å². The first-order chi connectivity index (χ1) is 14.0. The second-order valence-corrected chi connectivity index (χ2v) is 9.03. The number of rotatable bonds is 5. The van der Waals surface area contributed by atoms with Crippen molar-refractivity contribution in [2.45, 2.75) is 48.6 Å². The molecule has 2 aromatic rings. The minimum Gasteiger partial charge on any atom is -0.347 e. The Labute approximate surface area is 176 Å². The zero-order valence-electron chi connectivity index (χ0n) is 16.9. The number of carbonyl (C=O) groups is 2. The molecule has 152 valence electrons. The van der Waals surface area contributed by atoms with E-state index in [2.05, 4.69) is 22.5 Å². The van der Waals surface area contributed by atoms with Gasteiger partial charge >= 0.3 is 0 Å². The van der Waals surface area contributed by atoms with E-state index in [9.17, 15) is 9.59 Å². The van der Waals surface area contributed by atoms with Gasteiger partial charge in [0.05, 0.1) is 5.69 Å². The minimum atomic E-state index is -0.0907. The van der Waals surface area contributed by atoms with Gasteiger partial charge in [-0.15, -0.1) is 0 Å². The third-order valence-electron chi connectivity index (χ3n) is 6.02. The molecule has 6 heteroatoms. The van der Waals surface area contributed by atoms with E-state index in [1.807, 2.05) is 48.5 Å². The maximum atomic E-state index is 12.8. The highest BCUT2D eigenvalue weighted by Gasteiger charge is 2.40. The van der Waals surface area contributed by atoms with E-state index in [0.29, 0.717) is 17.5 Å². The number of nitrogens with one attached hydrogen (secondary N) is 2. The molecule has 3 aliphatic rings. The summed E-state index contributed by atoms with van der Waals surface area (Å²) < 4.78 is 0. The van der Waals surface area contributed by atoms with Crippen LogP contribution in [0.25, 0.3) is 0 Å². The van der Waals surface area contributed by atoms with Gasteiger partial charge in [0.25, 0.3) is 5.91 Å². The van der Waals surface area contributed by atoms with Crippen LogP contribution in [0.1, 0.15) is 37.0 Å². The average Bonchev–Trinajstić information content (AvgIpc) is 2.72. The lowest BCUT2D eigenvalue weighted by Crippen LogP contribution is -2.62. The molecule has 2 bridgehead atoms. The fourth-order valence-corrected chi connectivity index (χ4v) is 5.33. The van der Waals surface area contributed by atoms with Crippen molar-refractivity contribution >= 4 is 29.3 Å². The van der Waals surface area contributed by atoms with Crippen molar-refractivity contribution in [3.8, 4) is 0 Å². The van der Waals surface area contributed by atoms with Gasteiger partial charge in [0.2, 0.25) is 5.91 Å². The molecule has 3 saturated heterocycles. The average molecular weight is 410 g/mol. The third kappa shape index (κ3) is 4.49. The smallest absolute Gasteiger partial charge is 0.251 e. The van der Waals surface area contributed by atoms with Gasteiger partial charge in [-0.3, -0.25) is 14.5 Å². The second kappa shape index (κ2) is 8.59. The van der Waals surface area contributed by atoms with Gasteiger partial charge in [0, 0.05) is 34.4 Å². The van der Waals surface area contributed by atoms with Crippen LogP contribution >= 0.6 is 11.8 Å². The minimum absolute atomic E-state index is 0.00537. The van der Waals surface area contributed by atoms with Crippen LogP contribution in [-0.2, 0) is 4.79 Å². The largest absolute Gasteiger partial charge is 0.347 e. The van der Waals surface area contributed by atoms with E-state index in [0.717, 1.165) is 28.6 Å². The molecule has 0 saturated carbocycles. The molecule has 0 aromatic heterocycles. The molecule has 2 aromatic carbocycles. The lowest BCUT2D eigenvalue weighted by atomic mass is 9.79. The Hall–Kier alpha value is -2.31. The molecule has 0 radical (unpaired) electrons. The highest BCUT2D eigenvalue weighted by molar-refractivity contribution is 7.99. The highest BCUT2D eigenvalue weighted by atomic mass is 32.2. The predicted octanol–water partition coefficient (Wildman–Crippen LogP) is 4.01. The summed E-state index contributed by atoms with van der Waals surface area (Å²) in [6.07, 6.45) is 2.36. The summed E-state index contributed by atoms with van der Waals surface area (Å²) in [4.78, 5) is 28.7. The molecule has 2 amide bonds. The number of carbonyl (C=O) groups excluding carboxylic acids is 2. The first-order valence-electron chi connectivity index (χ1n) is 10.2. The molecule has 3 fully saturated rings. The van der Waals surface area contributed by atoms with Crippen LogP contribution in [0.2, 0.25) is 0 Å². The topological polar surface area (TPSA) is 61.4 Å². The second-order valence-electron chi connectivity index (χ2n) is 7.92. The van der Waals surface area contributed by atoms with Crippen molar-refractivity contribution in [1.82, 2.24) is 10.2 Å². The maximum Gasteiger partial charge on any atom is 0.251 e. The number of benzene rings is 2. The Balaban J connectivity index is 1.42. The number of amides is 2. The monoisotopic (exact) mass is 409 g/mol. The van der Waals surface area contributed by atoms with Crippen molar-refractivity contribution < 1.29 is 9.59 Å². The Morgan fingerprint density at radius 1 is 1.03 bits per heavy atom. The third-order valence-corrected chi connectivity index (χ3v) is 7.10. The molecule has 5 rings (SSSR count). The van der Waals surface area contributed by atoms with Crippen LogP contribution in [0.3, 0.4) is 0 Å². The lowest BCUT2D eigenvalue weighted by Gasteiger charge is -2.49. The van der Waals surface area contributed by atoms with E-state index < -0.39 is 0 Å². The van der Waals surface area contributed by atoms with Crippen LogP contribution in [-0.4, -0.2) is 41.9 Å². The van der Waals surface area contributed by atoms with Gasteiger partial charge in [0.15, 0.2) is 0 Å². The molecule has 3 aliphatic heterocycles. The molecule has 29 heavy (non-hydrogen) atoms. The number of hydrogen-bond acceptors (Lipinski definition) is 4. The number of anilines is 1. The quantitative estimate of drug-likeness (QED) is 0.783. The van der Waals surface area contributed by atoms with Gasteiger partial charge in [-0.05, 0) is 75.2 Å². The number of piperidine rings is 3. The standard InChI is InChI=1S/C23H27N3O2S/c1-15-22(17-11-13-26(15)14-12-17)25-23(28)18-7-9-19(10-8-18)29-21-6-4-3-5-20(21)24-16(2)27/h3-10,15,17,22H,11-14H2,1-2H3,(H,24,27)(H,25,28)/t15-,22-/m0/s1. The van der Waals surface area contributed by atoms with E-state index in [-0.39, 0.29) is 17.9 Å². The normalized spacial score (nSPS) is 25.4. The van der Waals surface area contributed by atoms with Crippen LogP contribution in [0.4, 0.5) is 5.69 Å². The van der Waals surface area contributed by atoms with E-state index in [1.165, 1.54) is 19.8 Å². The molecular weight excluding hydrogens is 382 g/mol. The van der Waals surface area contributed by atoms with Crippen molar-refractivity contribution in [2.24, 2.45) is 5.92 Å². The van der Waals surface area contributed by atoms with Gasteiger partial charge in [0.1, 0.15) is 0 Å². The van der Waals surface area contributed by atoms with Crippen LogP contribution in [0.15, 0.2) is 58.3 Å². The predicted molar refractivity (Wildman–Crippen MR) is 116 cm³/mol. The summed E-state index contributed by atoms with van der Waals surface area (Å²) in [5, 5.41) is 6.14. The maximum absolute atomic E-state index is 12.8. The van der Waals surface area contributed by atoms with Crippen LogP contribution in [0, 0.1) is 5.92 Å². The molecule has 2 atom stereocenters. The zero-order chi connectivity index (χ0) is 20.4. The fraction of sp³-hybridized carbons (Fsp3) is 0.391. The summed E-state index contributed by atoms with van der Waals surface area (Å²) in [6, 6.07) is 16.0. The summed E-state index contributed by atoms with van der Waals surface area (Å²) >= 11 is 1.57. The number of fused-ring (bicyclic) bond motifs is 3. The highest BCUT2D eigenvalue weighted by Crippen LogP contribution is 2.34. The van der Waals surface area contributed by atoms with E-state index in [4.69, 9.17) is 0 Å². The van der Waals surface area contributed by atoms with Crippen molar-refractivity contribution in [3.05, 3.63) is 54.1 Å². The molecule has 5 nitrogen and oxygen atoms in total. The first kappa shape index (κ1) is 20.0. The summed E-state index contributed by atoms with van der Waals surface area (Å²) in [6.45, 7) is 6.04. The Morgan fingerprint density at radius 3 is 2.38 bits per heavy atom. The molecule has 0 spiro atoms. The SMILES string of the molecule is CC(=O)Nc1ccccc1Sc1ccc(C(=O)N[C@@H]2C3CCN(CC3)[C@H]2C)cc1. The molecular formula is C23H27N3O2S. The van der Waals surface area contributed by atoms with E-state index in [1.54, 1.807) is 11.8 Å². The molecule has 3 heterocycles. The van der Waals surface area contributed by atoms with Crippen LogP contribution in [0.5, 0.6) is 0 Å². The van der Waals surface area contributed by atoms with Gasteiger partial charge in [-0.2, -0.15) is 0 Å². The van der Waals surface area contributed by atoms with Crippen molar-refractivity contribution in [1.29, 1.82) is 0 Å². The Bertz CT molecular complexity index is 889. The number of para-hydroxylation sites is 1. The Kier molecular flexibility index (Phi) is 5.92. The molecule has 0 unspecified atom stereocenters. The van der Waals surface area contributed by atoms with Crippen molar-refractivity contribution in [2.75, 3.05) is 18.4 Å². The lowest BCUT2D eigenvalue weighted by molar-refractivity contribution is -0.114. The summed E-state index contributed by atoms with van der Waals surface area (Å²) in [5.41, 5.74) is 1.48. The van der Waals surface area contributed by atoms with Crippen molar-refractivity contribution in [3.63, 3.8) is 0 Å². The number of hydrogen-bond donors (Lipinski definition) is 2. The fourth-order valence-electron chi connectivity index (χ4n) is 4.43. The van der Waals surface area contributed by atoms with Gasteiger partial charge in [-0.1, -0.05) is 23.9 Å².